The molecule has 52 heavy (non-hydrogen) atoms. The van der Waals surface area contributed by atoms with Crippen molar-refractivity contribution in [2.45, 2.75) is 6.17 Å². The molecule has 11 rings (SSSR count). The molecule has 8 aromatic carbocycles. The second-order valence-electron chi connectivity index (χ2n) is 13.3. The van der Waals surface area contributed by atoms with Crippen LogP contribution in [0.3, 0.4) is 0 Å². The quantitative estimate of drug-likeness (QED) is 0.203. The van der Waals surface area contributed by atoms with Crippen molar-refractivity contribution in [3.05, 3.63) is 180 Å². The van der Waals surface area contributed by atoms with Crippen molar-refractivity contribution in [1.29, 1.82) is 0 Å². The molecule has 10 aromatic rings. The number of para-hydroxylation sites is 1. The van der Waals surface area contributed by atoms with Crippen LogP contribution in [0.15, 0.2) is 183 Å². The van der Waals surface area contributed by atoms with Gasteiger partial charge in [0.1, 0.15) is 34.3 Å². The van der Waals surface area contributed by atoms with Gasteiger partial charge in [-0.15, -0.1) is 0 Å². The van der Waals surface area contributed by atoms with E-state index in [0.29, 0.717) is 5.84 Å². The predicted octanol–water partition coefficient (Wildman–Crippen LogP) is 12.0. The topological polar surface area (TPSA) is 63.0 Å². The number of hydrogen-bond acceptors (Lipinski definition) is 5. The second-order valence-corrected chi connectivity index (χ2v) is 13.3. The minimum atomic E-state index is -0.333. The average molecular weight is 668 g/mol. The molecule has 0 saturated heterocycles. The Kier molecular flexibility index (Phi) is 6.25. The number of furan rings is 2. The van der Waals surface area contributed by atoms with Crippen molar-refractivity contribution in [2.75, 3.05) is 0 Å². The van der Waals surface area contributed by atoms with Crippen molar-refractivity contribution >= 4 is 77.1 Å². The number of hydrogen-bond donors (Lipinski definition) is 1. The smallest absolute Gasteiger partial charge is 0.159 e. The Labute approximate surface area is 298 Å². The third-order valence-corrected chi connectivity index (χ3v) is 10.3. The minimum absolute atomic E-state index is 0.333. The summed E-state index contributed by atoms with van der Waals surface area (Å²) in [6.07, 6.45) is -0.333. The van der Waals surface area contributed by atoms with Crippen LogP contribution in [0.5, 0.6) is 0 Å². The molecule has 0 saturated carbocycles. The Hall–Kier alpha value is -6.98. The summed E-state index contributed by atoms with van der Waals surface area (Å²) in [7, 11) is 0. The van der Waals surface area contributed by atoms with Gasteiger partial charge in [-0.2, -0.15) is 0 Å². The van der Waals surface area contributed by atoms with Crippen LogP contribution in [0.4, 0.5) is 0 Å². The van der Waals surface area contributed by atoms with E-state index in [-0.39, 0.29) is 6.17 Å². The van der Waals surface area contributed by atoms with E-state index in [2.05, 4.69) is 127 Å². The van der Waals surface area contributed by atoms with E-state index in [1.807, 2.05) is 42.5 Å². The largest absolute Gasteiger partial charge is 0.456 e. The first-order valence-corrected chi connectivity index (χ1v) is 17.5. The number of amidine groups is 2. The summed E-state index contributed by atoms with van der Waals surface area (Å²) in [5.41, 5.74) is 8.52. The lowest BCUT2D eigenvalue weighted by atomic mass is 9.91. The van der Waals surface area contributed by atoms with Crippen LogP contribution in [0.2, 0.25) is 0 Å². The molecule has 5 heteroatoms. The number of nitrogens with zero attached hydrogens (tertiary/aromatic N) is 2. The van der Waals surface area contributed by atoms with E-state index >= 15 is 0 Å². The zero-order valence-electron chi connectivity index (χ0n) is 27.9. The number of benzene rings is 8. The van der Waals surface area contributed by atoms with Crippen LogP contribution in [-0.4, -0.2) is 11.7 Å². The zero-order valence-corrected chi connectivity index (χ0v) is 27.9. The Morgan fingerprint density at radius 3 is 1.98 bits per heavy atom. The number of aliphatic imine (C=N–C) groups is 2. The molecule has 5 nitrogen and oxygen atoms in total. The SMILES string of the molecule is c1ccc(C2N=C(c3ccc4ccccc4c3)N=C(c3cccc4oc5cccc(-c6cc7ccccc7c7oc8ccccc8c67)c5c34)N2)cc1. The molecule has 1 unspecified atom stereocenters. The first kappa shape index (κ1) is 28.8. The monoisotopic (exact) mass is 667 g/mol. The first-order valence-electron chi connectivity index (χ1n) is 17.5. The minimum Gasteiger partial charge on any atom is -0.456 e. The predicted molar refractivity (Wildman–Crippen MR) is 213 cm³/mol. The molecule has 1 aliphatic rings. The summed E-state index contributed by atoms with van der Waals surface area (Å²) in [6, 6.07) is 56.7. The Morgan fingerprint density at radius 2 is 1.13 bits per heavy atom. The van der Waals surface area contributed by atoms with E-state index < -0.39 is 0 Å². The normalized spacial score (nSPS) is 14.7. The van der Waals surface area contributed by atoms with Gasteiger partial charge in [0.2, 0.25) is 0 Å². The van der Waals surface area contributed by atoms with Crippen LogP contribution in [0.25, 0.3) is 76.5 Å². The molecule has 2 aromatic heterocycles. The lowest BCUT2D eigenvalue weighted by Crippen LogP contribution is -2.33. The molecule has 0 radical (unpaired) electrons. The van der Waals surface area contributed by atoms with Crippen molar-refractivity contribution < 1.29 is 8.83 Å². The van der Waals surface area contributed by atoms with Crippen molar-refractivity contribution in [3.63, 3.8) is 0 Å². The standard InChI is InChI=1S/C47H29N3O2/c1-2-13-29(14-3-1)45-48-46(32-25-24-28-12-4-5-15-30(28)26-32)50-47(49-45)36-20-11-23-40-43(36)42-34(19-10-22-39(42)51-40)37-27-31-16-6-7-17-33(31)44-41(37)35-18-8-9-21-38(35)52-44/h1-27,45H,(H,48,49,50). The highest BCUT2D eigenvalue weighted by Gasteiger charge is 2.26. The van der Waals surface area contributed by atoms with Gasteiger partial charge in [0.05, 0.1) is 0 Å². The lowest BCUT2D eigenvalue weighted by Gasteiger charge is -2.24. The molecule has 1 aliphatic heterocycles. The highest BCUT2D eigenvalue weighted by atomic mass is 16.3. The molecular weight excluding hydrogens is 639 g/mol. The Morgan fingerprint density at radius 1 is 0.462 bits per heavy atom. The van der Waals surface area contributed by atoms with Gasteiger partial charge in [-0.25, -0.2) is 9.98 Å². The fourth-order valence-corrected chi connectivity index (χ4v) is 7.91. The molecule has 244 valence electrons. The van der Waals surface area contributed by atoms with Crippen LogP contribution in [0.1, 0.15) is 22.9 Å². The fraction of sp³-hybridized carbons (Fsp3) is 0.0213. The number of rotatable bonds is 4. The molecule has 3 heterocycles. The van der Waals surface area contributed by atoms with Gasteiger partial charge in [0, 0.05) is 38.1 Å². The van der Waals surface area contributed by atoms with Crippen molar-refractivity contribution in [3.8, 4) is 11.1 Å². The summed E-state index contributed by atoms with van der Waals surface area (Å²) in [6.45, 7) is 0. The number of nitrogens with one attached hydrogen (secondary N) is 1. The lowest BCUT2D eigenvalue weighted by molar-refractivity contribution is 0.667. The molecule has 1 N–H and O–H groups in total. The van der Waals surface area contributed by atoms with E-state index in [9.17, 15) is 0 Å². The second kappa shape index (κ2) is 11.3. The number of fused-ring (bicyclic) bond motifs is 9. The molecule has 0 bridgehead atoms. The summed E-state index contributed by atoms with van der Waals surface area (Å²) in [5, 5.41) is 12.5. The van der Waals surface area contributed by atoms with Crippen molar-refractivity contribution in [2.24, 2.45) is 9.98 Å². The summed E-state index contributed by atoms with van der Waals surface area (Å²) < 4.78 is 13.2. The van der Waals surface area contributed by atoms with Gasteiger partial charge in [-0.1, -0.05) is 133 Å². The molecule has 0 aliphatic carbocycles. The van der Waals surface area contributed by atoms with Gasteiger partial charge in [-0.3, -0.25) is 0 Å². The Bertz CT molecular complexity index is 3110. The Balaban J connectivity index is 1.18. The molecule has 0 amide bonds. The highest BCUT2D eigenvalue weighted by Crippen LogP contribution is 2.45. The average Bonchev–Trinajstić information content (AvgIpc) is 3.80. The van der Waals surface area contributed by atoms with Crippen LogP contribution in [0, 0.1) is 0 Å². The fourth-order valence-electron chi connectivity index (χ4n) is 7.91. The zero-order chi connectivity index (χ0) is 34.2. The van der Waals surface area contributed by atoms with E-state index in [1.54, 1.807) is 0 Å². The molecule has 0 fully saturated rings. The summed E-state index contributed by atoms with van der Waals surface area (Å²) in [4.78, 5) is 10.4. The summed E-state index contributed by atoms with van der Waals surface area (Å²) in [5.74, 6) is 1.42. The highest BCUT2D eigenvalue weighted by molar-refractivity contribution is 6.28. The van der Waals surface area contributed by atoms with Crippen LogP contribution < -0.4 is 5.32 Å². The van der Waals surface area contributed by atoms with Gasteiger partial charge >= 0.3 is 0 Å². The molecule has 1 atom stereocenters. The van der Waals surface area contributed by atoms with Gasteiger partial charge in [0.25, 0.3) is 0 Å². The van der Waals surface area contributed by atoms with E-state index in [0.717, 1.165) is 93.7 Å². The maximum Gasteiger partial charge on any atom is 0.159 e. The maximum atomic E-state index is 6.65. The van der Waals surface area contributed by atoms with Gasteiger partial charge < -0.3 is 14.2 Å². The van der Waals surface area contributed by atoms with Gasteiger partial charge in [-0.05, 0) is 63.2 Å². The summed E-state index contributed by atoms with van der Waals surface area (Å²) >= 11 is 0. The maximum absolute atomic E-state index is 6.65. The third kappa shape index (κ3) is 4.42. The molecule has 0 spiro atoms. The van der Waals surface area contributed by atoms with E-state index in [1.165, 1.54) is 5.39 Å². The van der Waals surface area contributed by atoms with Gasteiger partial charge in [0.15, 0.2) is 5.84 Å². The third-order valence-electron chi connectivity index (χ3n) is 10.3. The molecular formula is C47H29N3O2. The van der Waals surface area contributed by atoms with Crippen LogP contribution in [-0.2, 0) is 0 Å². The van der Waals surface area contributed by atoms with Crippen molar-refractivity contribution in [1.82, 2.24) is 5.32 Å². The first-order chi connectivity index (χ1) is 25.8. The van der Waals surface area contributed by atoms with Crippen LogP contribution >= 0.6 is 0 Å². The van der Waals surface area contributed by atoms with E-state index in [4.69, 9.17) is 18.8 Å².